The van der Waals surface area contributed by atoms with Gasteiger partial charge in [0.05, 0.1) is 17.9 Å². The van der Waals surface area contributed by atoms with Gasteiger partial charge < -0.3 is 14.5 Å². The molecule has 0 fully saturated rings. The molecule has 0 bridgehead atoms. The standard InChI is InChI=1S/C12H19NO5S/c1-12(2,19(5,15)16)10(13-3)8-6-7-9(18-8)11(14)17-4/h6-7,10,13H,1-5H3. The van der Waals surface area contributed by atoms with Gasteiger partial charge >= 0.3 is 5.97 Å². The third-order valence-electron chi connectivity index (χ3n) is 3.24. The highest BCUT2D eigenvalue weighted by atomic mass is 32.2. The topological polar surface area (TPSA) is 85.6 Å². The molecule has 0 saturated heterocycles. The average molecular weight is 289 g/mol. The molecule has 0 aliphatic heterocycles. The largest absolute Gasteiger partial charge is 0.463 e. The molecule has 0 aliphatic rings. The molecule has 0 aliphatic carbocycles. The van der Waals surface area contributed by atoms with Crippen LogP contribution in [0.1, 0.15) is 36.2 Å². The Bertz CT molecular complexity index is 558. The van der Waals surface area contributed by atoms with Gasteiger partial charge in [0.1, 0.15) is 5.76 Å². The van der Waals surface area contributed by atoms with Gasteiger partial charge in [0, 0.05) is 6.26 Å². The van der Waals surface area contributed by atoms with Crippen molar-refractivity contribution in [3.63, 3.8) is 0 Å². The molecule has 1 aromatic rings. The van der Waals surface area contributed by atoms with E-state index in [1.54, 1.807) is 27.0 Å². The number of carbonyl (C=O) groups is 1. The fraction of sp³-hybridized carbons (Fsp3) is 0.583. The number of hydrogen-bond acceptors (Lipinski definition) is 6. The van der Waals surface area contributed by atoms with Crippen molar-refractivity contribution in [1.29, 1.82) is 0 Å². The fourth-order valence-electron chi connectivity index (χ4n) is 1.76. The van der Waals surface area contributed by atoms with Crippen LogP contribution < -0.4 is 5.32 Å². The van der Waals surface area contributed by atoms with E-state index in [-0.39, 0.29) is 5.76 Å². The van der Waals surface area contributed by atoms with Crippen LogP contribution in [0.25, 0.3) is 0 Å². The van der Waals surface area contributed by atoms with Gasteiger partial charge in [-0.25, -0.2) is 13.2 Å². The summed E-state index contributed by atoms with van der Waals surface area (Å²) in [5.74, 6) is -0.182. The molecule has 0 aromatic carbocycles. The third kappa shape index (κ3) is 2.98. The van der Waals surface area contributed by atoms with Gasteiger partial charge in [0.2, 0.25) is 5.76 Å². The lowest BCUT2D eigenvalue weighted by atomic mass is 10.0. The van der Waals surface area contributed by atoms with E-state index in [0.717, 1.165) is 0 Å². The molecule has 6 nitrogen and oxygen atoms in total. The molecule has 1 unspecified atom stereocenters. The zero-order chi connectivity index (χ0) is 14.8. The molecule has 7 heteroatoms. The van der Waals surface area contributed by atoms with Gasteiger partial charge in [-0.2, -0.15) is 0 Å². The summed E-state index contributed by atoms with van der Waals surface area (Å²) in [5.41, 5.74) is 0. The molecule has 1 heterocycles. The Kier molecular flexibility index (Phi) is 4.42. The van der Waals surface area contributed by atoms with E-state index in [2.05, 4.69) is 10.1 Å². The predicted molar refractivity (Wildman–Crippen MR) is 70.8 cm³/mol. The first kappa shape index (κ1) is 15.7. The van der Waals surface area contributed by atoms with Gasteiger partial charge in [-0.05, 0) is 33.0 Å². The minimum atomic E-state index is -3.32. The summed E-state index contributed by atoms with van der Waals surface area (Å²) in [4.78, 5) is 11.3. The number of sulfone groups is 1. The number of ether oxygens (including phenoxy) is 1. The van der Waals surface area contributed by atoms with E-state index < -0.39 is 26.6 Å². The van der Waals surface area contributed by atoms with Gasteiger partial charge in [-0.1, -0.05) is 0 Å². The lowest BCUT2D eigenvalue weighted by Gasteiger charge is -2.30. The highest BCUT2D eigenvalue weighted by Gasteiger charge is 2.41. The van der Waals surface area contributed by atoms with Crippen molar-refractivity contribution >= 4 is 15.8 Å². The molecule has 1 rings (SSSR count). The highest BCUT2D eigenvalue weighted by molar-refractivity contribution is 7.92. The second-order valence-electron chi connectivity index (χ2n) is 4.79. The van der Waals surface area contributed by atoms with Crippen LogP contribution in [0.3, 0.4) is 0 Å². The summed E-state index contributed by atoms with van der Waals surface area (Å²) in [6.45, 7) is 3.20. The van der Waals surface area contributed by atoms with Crippen LogP contribution in [0.4, 0.5) is 0 Å². The number of esters is 1. The second-order valence-corrected chi connectivity index (χ2v) is 7.39. The van der Waals surface area contributed by atoms with Gasteiger partial charge in [0.25, 0.3) is 0 Å². The van der Waals surface area contributed by atoms with Crippen molar-refractivity contribution in [2.24, 2.45) is 0 Å². The van der Waals surface area contributed by atoms with Crippen molar-refractivity contribution in [3.05, 3.63) is 23.7 Å². The van der Waals surface area contributed by atoms with Crippen molar-refractivity contribution in [1.82, 2.24) is 5.32 Å². The number of methoxy groups -OCH3 is 1. The van der Waals surface area contributed by atoms with Crippen LogP contribution in [0.5, 0.6) is 0 Å². The molecule has 1 atom stereocenters. The van der Waals surface area contributed by atoms with E-state index in [1.807, 2.05) is 0 Å². The van der Waals surface area contributed by atoms with Crippen LogP contribution in [-0.4, -0.2) is 39.5 Å². The molecule has 1 aromatic heterocycles. The Hall–Kier alpha value is -1.34. The summed E-state index contributed by atoms with van der Waals surface area (Å²) < 4.78 is 32.5. The zero-order valence-corrected chi connectivity index (χ0v) is 12.5. The van der Waals surface area contributed by atoms with E-state index in [1.165, 1.54) is 19.4 Å². The number of nitrogens with one attached hydrogen (secondary N) is 1. The lowest BCUT2D eigenvalue weighted by molar-refractivity contribution is 0.0561. The van der Waals surface area contributed by atoms with Crippen LogP contribution in [-0.2, 0) is 14.6 Å². The summed E-state index contributed by atoms with van der Waals surface area (Å²) in [5, 5.41) is 2.91. The minimum absolute atomic E-state index is 0.0436. The highest BCUT2D eigenvalue weighted by Crippen LogP contribution is 2.32. The second kappa shape index (κ2) is 5.34. The lowest BCUT2D eigenvalue weighted by Crippen LogP contribution is -2.43. The molecule has 0 saturated carbocycles. The Labute approximate surface area is 113 Å². The molecule has 1 N–H and O–H groups in total. The quantitative estimate of drug-likeness (QED) is 0.818. The molecular formula is C12H19NO5S. The number of furan rings is 1. The SMILES string of the molecule is CNC(c1ccc(C(=O)OC)o1)C(C)(C)S(C)(=O)=O. The van der Waals surface area contributed by atoms with Crippen molar-refractivity contribution < 1.29 is 22.4 Å². The fourth-order valence-corrected chi connectivity index (χ4v) is 2.43. The summed E-state index contributed by atoms with van der Waals surface area (Å²) >= 11 is 0. The molecular weight excluding hydrogens is 270 g/mol. The van der Waals surface area contributed by atoms with E-state index in [0.29, 0.717) is 5.76 Å². The van der Waals surface area contributed by atoms with Crippen LogP contribution in [0.2, 0.25) is 0 Å². The predicted octanol–water partition coefficient (Wildman–Crippen LogP) is 1.15. The average Bonchev–Trinajstić information content (AvgIpc) is 2.76. The Morgan fingerprint density at radius 2 is 2.00 bits per heavy atom. The first-order valence-corrected chi connectivity index (χ1v) is 7.59. The molecule has 19 heavy (non-hydrogen) atoms. The van der Waals surface area contributed by atoms with Crippen molar-refractivity contribution in [3.8, 4) is 0 Å². The first-order chi connectivity index (χ1) is 8.65. The first-order valence-electron chi connectivity index (χ1n) is 5.70. The molecule has 108 valence electrons. The minimum Gasteiger partial charge on any atom is -0.463 e. The van der Waals surface area contributed by atoms with Gasteiger partial charge in [-0.15, -0.1) is 0 Å². The molecule has 0 amide bonds. The number of hydrogen-bond donors (Lipinski definition) is 1. The number of rotatable bonds is 5. The van der Waals surface area contributed by atoms with Gasteiger partial charge in [-0.3, -0.25) is 0 Å². The maximum Gasteiger partial charge on any atom is 0.373 e. The van der Waals surface area contributed by atoms with E-state index >= 15 is 0 Å². The third-order valence-corrected chi connectivity index (χ3v) is 5.38. The van der Waals surface area contributed by atoms with E-state index in [9.17, 15) is 13.2 Å². The monoisotopic (exact) mass is 289 g/mol. The normalized spacial score (nSPS) is 14.2. The smallest absolute Gasteiger partial charge is 0.373 e. The molecule has 0 radical (unpaired) electrons. The van der Waals surface area contributed by atoms with E-state index in [4.69, 9.17) is 4.42 Å². The van der Waals surface area contributed by atoms with Crippen molar-refractivity contribution in [2.75, 3.05) is 20.4 Å². The Morgan fingerprint density at radius 1 is 1.42 bits per heavy atom. The Morgan fingerprint density at radius 3 is 2.42 bits per heavy atom. The summed E-state index contributed by atoms with van der Waals surface area (Å²) in [6.07, 6.45) is 1.17. The maximum absolute atomic E-state index is 11.9. The van der Waals surface area contributed by atoms with Crippen molar-refractivity contribution in [2.45, 2.75) is 24.6 Å². The summed E-state index contributed by atoms with van der Waals surface area (Å²) in [6, 6.07) is 2.46. The van der Waals surface area contributed by atoms with Crippen LogP contribution >= 0.6 is 0 Å². The summed E-state index contributed by atoms with van der Waals surface area (Å²) in [7, 11) is -0.430. The molecule has 0 spiro atoms. The van der Waals surface area contributed by atoms with Crippen LogP contribution in [0, 0.1) is 0 Å². The zero-order valence-electron chi connectivity index (χ0n) is 11.7. The van der Waals surface area contributed by atoms with Crippen LogP contribution in [0.15, 0.2) is 16.5 Å². The maximum atomic E-state index is 11.9. The Balaban J connectivity index is 3.18. The van der Waals surface area contributed by atoms with Gasteiger partial charge in [0.15, 0.2) is 9.84 Å². The number of carbonyl (C=O) groups excluding carboxylic acids is 1.